The minimum atomic E-state index is 0.703. The summed E-state index contributed by atoms with van der Waals surface area (Å²) in [5, 5.41) is 1.26. The van der Waals surface area contributed by atoms with Gasteiger partial charge in [-0.25, -0.2) is 0 Å². The minimum absolute atomic E-state index is 0.703. The molecule has 0 unspecified atom stereocenters. The zero-order valence-corrected chi connectivity index (χ0v) is 10.5. The van der Waals surface area contributed by atoms with Crippen LogP contribution in [-0.4, -0.2) is 24.6 Å². The average molecular weight is 241 g/mol. The fraction of sp³-hybridized carbons (Fsp3) is 0.400. The Labute approximate surface area is 108 Å². The van der Waals surface area contributed by atoms with E-state index in [1.165, 1.54) is 23.9 Å². The number of fused-ring (bicyclic) bond motifs is 1. The van der Waals surface area contributed by atoms with E-state index in [-0.39, 0.29) is 0 Å². The summed E-state index contributed by atoms with van der Waals surface area (Å²) < 4.78 is 0. The summed E-state index contributed by atoms with van der Waals surface area (Å²) in [5.74, 6) is 0.703. The highest BCUT2D eigenvalue weighted by molar-refractivity contribution is 5.91. The number of nitrogens with zero attached hydrogens (tertiary/aromatic N) is 2. The van der Waals surface area contributed by atoms with Crippen molar-refractivity contribution in [1.82, 2.24) is 4.98 Å². The van der Waals surface area contributed by atoms with Gasteiger partial charge in [0, 0.05) is 30.4 Å². The van der Waals surface area contributed by atoms with Crippen molar-refractivity contribution in [2.24, 2.45) is 11.7 Å². The minimum Gasteiger partial charge on any atom is -0.371 e. The molecule has 0 atom stereocenters. The standard InChI is InChI=1S/C15H19N3/c16-11-12-6-9-18(10-7-12)15-5-8-17-14-4-2-1-3-13(14)15/h1-5,8,12H,6-7,9-11,16H2. The van der Waals surface area contributed by atoms with E-state index in [2.05, 4.69) is 34.1 Å². The molecule has 1 aliphatic heterocycles. The molecule has 2 N–H and O–H groups in total. The molecule has 1 aromatic carbocycles. The Balaban J connectivity index is 1.91. The second-order valence-corrected chi connectivity index (χ2v) is 5.01. The van der Waals surface area contributed by atoms with Crippen molar-refractivity contribution in [1.29, 1.82) is 0 Å². The third-order valence-electron chi connectivity index (χ3n) is 3.91. The van der Waals surface area contributed by atoms with E-state index >= 15 is 0 Å². The van der Waals surface area contributed by atoms with Gasteiger partial charge in [0.05, 0.1) is 5.52 Å². The van der Waals surface area contributed by atoms with Crippen molar-refractivity contribution in [2.45, 2.75) is 12.8 Å². The van der Waals surface area contributed by atoms with Gasteiger partial charge in [-0.2, -0.15) is 0 Å². The van der Waals surface area contributed by atoms with E-state index in [4.69, 9.17) is 5.73 Å². The molecule has 3 rings (SSSR count). The fourth-order valence-electron chi connectivity index (χ4n) is 2.77. The number of anilines is 1. The molecule has 0 amide bonds. The first-order valence-electron chi connectivity index (χ1n) is 6.67. The normalized spacial score (nSPS) is 17.3. The molecule has 0 bridgehead atoms. The van der Waals surface area contributed by atoms with E-state index in [0.717, 1.165) is 25.2 Å². The fourth-order valence-corrected chi connectivity index (χ4v) is 2.77. The van der Waals surface area contributed by atoms with Crippen LogP contribution in [-0.2, 0) is 0 Å². The van der Waals surface area contributed by atoms with E-state index in [1.54, 1.807) is 0 Å². The Morgan fingerprint density at radius 1 is 1.17 bits per heavy atom. The molecule has 1 saturated heterocycles. The predicted octanol–water partition coefficient (Wildman–Crippen LogP) is 2.41. The highest BCUT2D eigenvalue weighted by Gasteiger charge is 2.19. The Bertz CT molecular complexity index is 525. The Morgan fingerprint density at radius 2 is 1.94 bits per heavy atom. The number of rotatable bonds is 2. The molecule has 0 aliphatic carbocycles. The second kappa shape index (κ2) is 4.94. The molecule has 0 spiro atoms. The van der Waals surface area contributed by atoms with Crippen LogP contribution in [0.5, 0.6) is 0 Å². The molecule has 1 aromatic heterocycles. The topological polar surface area (TPSA) is 42.1 Å². The van der Waals surface area contributed by atoms with E-state index in [1.807, 2.05) is 12.3 Å². The lowest BCUT2D eigenvalue weighted by molar-refractivity contribution is 0.415. The quantitative estimate of drug-likeness (QED) is 0.878. The van der Waals surface area contributed by atoms with Gasteiger partial charge in [-0.15, -0.1) is 0 Å². The molecule has 1 fully saturated rings. The van der Waals surface area contributed by atoms with Crippen LogP contribution in [0.2, 0.25) is 0 Å². The maximum atomic E-state index is 5.75. The van der Waals surface area contributed by atoms with Crippen LogP contribution in [0.1, 0.15) is 12.8 Å². The van der Waals surface area contributed by atoms with Crippen LogP contribution in [0.3, 0.4) is 0 Å². The molecule has 3 heteroatoms. The number of piperidine rings is 1. The smallest absolute Gasteiger partial charge is 0.0722 e. The van der Waals surface area contributed by atoms with E-state index in [0.29, 0.717) is 5.92 Å². The number of benzene rings is 1. The number of hydrogen-bond donors (Lipinski definition) is 1. The Hall–Kier alpha value is -1.61. The van der Waals surface area contributed by atoms with Gasteiger partial charge in [-0.3, -0.25) is 4.98 Å². The second-order valence-electron chi connectivity index (χ2n) is 5.01. The molecular formula is C15H19N3. The summed E-state index contributed by atoms with van der Waals surface area (Å²) in [5.41, 5.74) is 8.14. The number of hydrogen-bond acceptors (Lipinski definition) is 3. The highest BCUT2D eigenvalue weighted by Crippen LogP contribution is 2.28. The van der Waals surface area contributed by atoms with Gasteiger partial charge in [0.1, 0.15) is 0 Å². The van der Waals surface area contributed by atoms with Gasteiger partial charge in [0.2, 0.25) is 0 Å². The summed E-state index contributed by atoms with van der Waals surface area (Å²) in [7, 11) is 0. The van der Waals surface area contributed by atoms with Gasteiger partial charge in [-0.05, 0) is 37.4 Å². The zero-order chi connectivity index (χ0) is 12.4. The van der Waals surface area contributed by atoms with Crippen LogP contribution in [0.25, 0.3) is 10.9 Å². The largest absolute Gasteiger partial charge is 0.371 e. The summed E-state index contributed by atoms with van der Waals surface area (Å²) >= 11 is 0. The molecule has 94 valence electrons. The lowest BCUT2D eigenvalue weighted by Crippen LogP contribution is -2.36. The first-order chi connectivity index (χ1) is 8.88. The lowest BCUT2D eigenvalue weighted by atomic mass is 9.96. The van der Waals surface area contributed by atoms with Gasteiger partial charge in [-0.1, -0.05) is 18.2 Å². The first kappa shape index (κ1) is 11.5. The number of aromatic nitrogens is 1. The maximum Gasteiger partial charge on any atom is 0.0722 e. The monoisotopic (exact) mass is 241 g/mol. The Kier molecular flexibility index (Phi) is 3.15. The average Bonchev–Trinajstić information content (AvgIpc) is 2.47. The van der Waals surface area contributed by atoms with Gasteiger partial charge < -0.3 is 10.6 Å². The number of para-hydroxylation sites is 1. The Morgan fingerprint density at radius 3 is 2.72 bits per heavy atom. The van der Waals surface area contributed by atoms with Crippen LogP contribution in [0.4, 0.5) is 5.69 Å². The van der Waals surface area contributed by atoms with Crippen LogP contribution in [0.15, 0.2) is 36.5 Å². The van der Waals surface area contributed by atoms with Crippen molar-refractivity contribution in [3.8, 4) is 0 Å². The van der Waals surface area contributed by atoms with Crippen molar-refractivity contribution in [3.05, 3.63) is 36.5 Å². The van der Waals surface area contributed by atoms with Crippen molar-refractivity contribution < 1.29 is 0 Å². The van der Waals surface area contributed by atoms with Gasteiger partial charge in [0.25, 0.3) is 0 Å². The van der Waals surface area contributed by atoms with Crippen LogP contribution < -0.4 is 10.6 Å². The van der Waals surface area contributed by atoms with Crippen molar-refractivity contribution in [2.75, 3.05) is 24.5 Å². The third kappa shape index (κ3) is 2.06. The predicted molar refractivity (Wildman–Crippen MR) is 75.7 cm³/mol. The van der Waals surface area contributed by atoms with Crippen molar-refractivity contribution in [3.63, 3.8) is 0 Å². The third-order valence-corrected chi connectivity index (χ3v) is 3.91. The summed E-state index contributed by atoms with van der Waals surface area (Å²) in [4.78, 5) is 6.89. The molecule has 0 saturated carbocycles. The van der Waals surface area contributed by atoms with Crippen LogP contribution >= 0.6 is 0 Å². The van der Waals surface area contributed by atoms with E-state index in [9.17, 15) is 0 Å². The molecule has 0 radical (unpaired) electrons. The zero-order valence-electron chi connectivity index (χ0n) is 10.5. The number of pyridine rings is 1. The lowest BCUT2D eigenvalue weighted by Gasteiger charge is -2.33. The molecular weight excluding hydrogens is 222 g/mol. The SMILES string of the molecule is NCC1CCN(c2ccnc3ccccc23)CC1. The molecule has 18 heavy (non-hydrogen) atoms. The number of nitrogens with two attached hydrogens (primary N) is 1. The maximum absolute atomic E-state index is 5.75. The van der Waals surface area contributed by atoms with E-state index < -0.39 is 0 Å². The van der Waals surface area contributed by atoms with Gasteiger partial charge in [0.15, 0.2) is 0 Å². The molecule has 2 heterocycles. The molecule has 1 aliphatic rings. The van der Waals surface area contributed by atoms with Gasteiger partial charge >= 0.3 is 0 Å². The molecule has 2 aromatic rings. The first-order valence-corrected chi connectivity index (χ1v) is 6.67. The molecule has 3 nitrogen and oxygen atoms in total. The summed E-state index contributed by atoms with van der Waals surface area (Å²) in [6.07, 6.45) is 4.31. The van der Waals surface area contributed by atoms with Crippen LogP contribution in [0, 0.1) is 5.92 Å². The summed E-state index contributed by atoms with van der Waals surface area (Å²) in [6, 6.07) is 10.5. The highest BCUT2D eigenvalue weighted by atomic mass is 15.1. The van der Waals surface area contributed by atoms with Crippen molar-refractivity contribution >= 4 is 16.6 Å². The summed E-state index contributed by atoms with van der Waals surface area (Å²) in [6.45, 7) is 3.04.